The van der Waals surface area contributed by atoms with Crippen molar-refractivity contribution < 1.29 is 23.6 Å². The van der Waals surface area contributed by atoms with Crippen LogP contribution in [-0.2, 0) is 27.5 Å². The highest BCUT2D eigenvalue weighted by molar-refractivity contribution is 6.45. The van der Waals surface area contributed by atoms with Crippen molar-refractivity contribution in [3.63, 3.8) is 0 Å². The van der Waals surface area contributed by atoms with E-state index in [4.69, 9.17) is 14.4 Å². The third kappa shape index (κ3) is 7.82. The summed E-state index contributed by atoms with van der Waals surface area (Å²) in [6.45, 7) is 0.130. The summed E-state index contributed by atoms with van der Waals surface area (Å²) >= 11 is 0. The number of likely N-dealkylation sites (N-methyl/N-ethyl adjacent to an activating group) is 1. The van der Waals surface area contributed by atoms with Crippen LogP contribution in [0.1, 0.15) is 22.3 Å². The lowest BCUT2D eigenvalue weighted by Gasteiger charge is -2.09. The maximum Gasteiger partial charge on any atom is 0.278 e. The van der Waals surface area contributed by atoms with Gasteiger partial charge in [0.2, 0.25) is 0 Å². The molecule has 1 amide bonds. The molecular formula is C27H26FN3O4. The Morgan fingerprint density at radius 1 is 1.03 bits per heavy atom. The van der Waals surface area contributed by atoms with Crippen molar-refractivity contribution in [2.24, 2.45) is 10.3 Å². The molecule has 7 nitrogen and oxygen atoms in total. The number of oxime groups is 2. The number of ether oxygens (including phenoxy) is 1. The van der Waals surface area contributed by atoms with Gasteiger partial charge in [0, 0.05) is 36.9 Å². The summed E-state index contributed by atoms with van der Waals surface area (Å²) in [4.78, 5) is 22.4. The predicted octanol–water partition coefficient (Wildman–Crippen LogP) is 4.88. The SMILES string of the molecule is CNC(=O)/C(=N/OC)c1ccccc1CO/N=C/Cc1cccc(O/C(F)=C\c2ccccc2)c1. The van der Waals surface area contributed by atoms with Crippen LogP contribution in [0.5, 0.6) is 5.75 Å². The molecule has 0 aliphatic carbocycles. The average molecular weight is 476 g/mol. The first-order valence-electron chi connectivity index (χ1n) is 10.8. The minimum atomic E-state index is -0.697. The van der Waals surface area contributed by atoms with Crippen LogP contribution in [0.15, 0.2) is 95.2 Å². The van der Waals surface area contributed by atoms with Gasteiger partial charge in [-0.2, -0.15) is 4.39 Å². The Bertz CT molecular complexity index is 1210. The second-order valence-electron chi connectivity index (χ2n) is 7.23. The van der Waals surface area contributed by atoms with Crippen molar-refractivity contribution >= 4 is 23.9 Å². The van der Waals surface area contributed by atoms with Gasteiger partial charge >= 0.3 is 0 Å². The molecular weight excluding hydrogens is 449 g/mol. The van der Waals surface area contributed by atoms with E-state index in [1.54, 1.807) is 48.7 Å². The summed E-state index contributed by atoms with van der Waals surface area (Å²) in [7, 11) is 2.89. The molecule has 0 bridgehead atoms. The molecule has 35 heavy (non-hydrogen) atoms. The number of carbonyl (C=O) groups excluding carboxylic acids is 1. The monoisotopic (exact) mass is 475 g/mol. The molecule has 0 unspecified atom stereocenters. The fourth-order valence-corrected chi connectivity index (χ4v) is 3.16. The van der Waals surface area contributed by atoms with E-state index in [0.717, 1.165) is 11.1 Å². The highest BCUT2D eigenvalue weighted by Crippen LogP contribution is 2.19. The van der Waals surface area contributed by atoms with Crippen molar-refractivity contribution in [3.8, 4) is 5.75 Å². The van der Waals surface area contributed by atoms with Crippen LogP contribution in [0.2, 0.25) is 0 Å². The van der Waals surface area contributed by atoms with Crippen molar-refractivity contribution in [3.05, 3.63) is 107 Å². The van der Waals surface area contributed by atoms with E-state index in [1.165, 1.54) is 20.2 Å². The summed E-state index contributed by atoms with van der Waals surface area (Å²) in [6.07, 6.45) is 3.38. The number of nitrogens with zero attached hydrogens (tertiary/aromatic N) is 2. The lowest BCUT2D eigenvalue weighted by molar-refractivity contribution is -0.114. The Labute approximate surface area is 203 Å². The molecule has 0 aliphatic heterocycles. The minimum absolute atomic E-state index is 0.130. The van der Waals surface area contributed by atoms with Gasteiger partial charge in [0.25, 0.3) is 11.9 Å². The molecule has 0 saturated heterocycles. The predicted molar refractivity (Wildman–Crippen MR) is 134 cm³/mol. The summed E-state index contributed by atoms with van der Waals surface area (Å²) in [5, 5.41) is 10.4. The van der Waals surface area contributed by atoms with Crippen LogP contribution in [-0.4, -0.2) is 32.0 Å². The van der Waals surface area contributed by atoms with Gasteiger partial charge in [-0.1, -0.05) is 77.0 Å². The molecule has 180 valence electrons. The lowest BCUT2D eigenvalue weighted by Crippen LogP contribution is -2.29. The topological polar surface area (TPSA) is 81.5 Å². The molecule has 0 atom stereocenters. The molecule has 0 fully saturated rings. The van der Waals surface area contributed by atoms with Gasteiger partial charge in [-0.05, 0) is 23.3 Å². The van der Waals surface area contributed by atoms with E-state index < -0.39 is 6.01 Å². The molecule has 0 radical (unpaired) electrons. The molecule has 3 rings (SSSR count). The molecule has 0 heterocycles. The summed E-state index contributed by atoms with van der Waals surface area (Å²) in [5.41, 5.74) is 3.03. The lowest BCUT2D eigenvalue weighted by atomic mass is 10.0. The quantitative estimate of drug-likeness (QED) is 0.244. The third-order valence-corrected chi connectivity index (χ3v) is 4.79. The number of benzene rings is 3. The highest BCUT2D eigenvalue weighted by atomic mass is 19.1. The Hall–Kier alpha value is -4.46. The van der Waals surface area contributed by atoms with Gasteiger partial charge < -0.3 is 19.7 Å². The maximum absolute atomic E-state index is 14.2. The van der Waals surface area contributed by atoms with Crippen LogP contribution in [0, 0.1) is 0 Å². The average Bonchev–Trinajstić information content (AvgIpc) is 2.88. The zero-order chi connectivity index (χ0) is 24.9. The van der Waals surface area contributed by atoms with Crippen LogP contribution < -0.4 is 10.1 Å². The smallest absolute Gasteiger partial charge is 0.278 e. The van der Waals surface area contributed by atoms with Gasteiger partial charge in [0.1, 0.15) is 19.5 Å². The first-order chi connectivity index (χ1) is 17.1. The van der Waals surface area contributed by atoms with Gasteiger partial charge in [0.05, 0.1) is 0 Å². The van der Waals surface area contributed by atoms with E-state index in [-0.39, 0.29) is 18.2 Å². The normalized spacial score (nSPS) is 11.9. The van der Waals surface area contributed by atoms with Gasteiger partial charge in [-0.3, -0.25) is 4.79 Å². The van der Waals surface area contributed by atoms with Gasteiger partial charge in [-0.15, -0.1) is 0 Å². The van der Waals surface area contributed by atoms with Crippen LogP contribution in [0.3, 0.4) is 0 Å². The Morgan fingerprint density at radius 2 is 1.80 bits per heavy atom. The van der Waals surface area contributed by atoms with Crippen molar-refractivity contribution in [2.45, 2.75) is 13.0 Å². The van der Waals surface area contributed by atoms with E-state index in [2.05, 4.69) is 15.6 Å². The first-order valence-corrected chi connectivity index (χ1v) is 10.8. The number of hydrogen-bond donors (Lipinski definition) is 1. The van der Waals surface area contributed by atoms with Gasteiger partial charge in [0.15, 0.2) is 5.71 Å². The third-order valence-electron chi connectivity index (χ3n) is 4.79. The number of amides is 1. The number of nitrogens with one attached hydrogen (secondary N) is 1. The zero-order valence-electron chi connectivity index (χ0n) is 19.5. The molecule has 0 aromatic heterocycles. The maximum atomic E-state index is 14.2. The van der Waals surface area contributed by atoms with Crippen LogP contribution in [0.25, 0.3) is 6.08 Å². The zero-order valence-corrected chi connectivity index (χ0v) is 19.5. The summed E-state index contributed by atoms with van der Waals surface area (Å²) in [5.74, 6) is 0.00883. The Balaban J connectivity index is 1.58. The standard InChI is InChI=1S/C27H26FN3O4/c1-29-27(32)26(31-33-2)24-14-7-6-12-22(24)19-34-30-16-15-21-11-8-13-23(17-21)35-25(28)18-20-9-4-3-5-10-20/h3-14,16-18H,15,19H2,1-2H3,(H,29,32)/b25-18-,30-16+,31-26+. The van der Waals surface area contributed by atoms with E-state index >= 15 is 0 Å². The second-order valence-corrected chi connectivity index (χ2v) is 7.23. The van der Waals surface area contributed by atoms with E-state index in [9.17, 15) is 9.18 Å². The van der Waals surface area contributed by atoms with Crippen LogP contribution >= 0.6 is 0 Å². The molecule has 8 heteroatoms. The molecule has 1 N–H and O–H groups in total. The largest absolute Gasteiger partial charge is 0.432 e. The second kappa shape index (κ2) is 13.3. The van der Waals surface area contributed by atoms with Crippen molar-refractivity contribution in [1.29, 1.82) is 0 Å². The molecule has 0 spiro atoms. The number of hydrogen-bond acceptors (Lipinski definition) is 6. The van der Waals surface area contributed by atoms with Gasteiger partial charge in [-0.25, -0.2) is 0 Å². The fourth-order valence-electron chi connectivity index (χ4n) is 3.16. The van der Waals surface area contributed by atoms with Crippen molar-refractivity contribution in [2.75, 3.05) is 14.2 Å². The minimum Gasteiger partial charge on any atom is -0.432 e. The number of carbonyl (C=O) groups is 1. The summed E-state index contributed by atoms with van der Waals surface area (Å²) < 4.78 is 19.5. The molecule has 0 saturated carbocycles. The highest BCUT2D eigenvalue weighted by Gasteiger charge is 2.17. The molecule has 3 aromatic carbocycles. The number of halogens is 1. The molecule has 3 aromatic rings. The van der Waals surface area contributed by atoms with Crippen molar-refractivity contribution in [1.82, 2.24) is 5.32 Å². The van der Waals surface area contributed by atoms with Crippen LogP contribution in [0.4, 0.5) is 4.39 Å². The fraction of sp³-hybridized carbons (Fsp3) is 0.148. The summed E-state index contributed by atoms with van der Waals surface area (Å²) in [6, 6.07) is 22.7. The van der Waals surface area contributed by atoms with E-state index in [0.29, 0.717) is 23.3 Å². The van der Waals surface area contributed by atoms with E-state index in [1.807, 2.05) is 36.4 Å². The molecule has 0 aliphatic rings. The first kappa shape index (κ1) is 25.2. The number of rotatable bonds is 11. The Kier molecular flexibility index (Phi) is 9.56. The Morgan fingerprint density at radius 3 is 2.57 bits per heavy atom.